The number of carbonyl (C=O) groups is 1. The molecule has 5 nitrogen and oxygen atoms in total. The van der Waals surface area contributed by atoms with Gasteiger partial charge in [-0.25, -0.2) is 0 Å². The summed E-state index contributed by atoms with van der Waals surface area (Å²) in [5.74, 6) is 0.560. The van der Waals surface area contributed by atoms with Gasteiger partial charge in [-0.05, 0) is 55.2 Å². The molecule has 2 aromatic carbocycles. The molecule has 0 aliphatic heterocycles. The Bertz CT molecular complexity index is 561. The number of carboxylic acid groups (broad SMARTS) is 1. The monoisotopic (exact) mass is 351 g/mol. The number of aromatic hydroxyl groups is 2. The minimum atomic E-state index is -0.913. The van der Waals surface area contributed by atoms with Gasteiger partial charge in [0.1, 0.15) is 17.5 Å². The molecule has 0 aromatic heterocycles. The van der Waals surface area contributed by atoms with Gasteiger partial charge in [0.15, 0.2) is 0 Å². The molecule has 0 amide bonds. The van der Waals surface area contributed by atoms with Crippen LogP contribution in [0.25, 0.3) is 0 Å². The number of phenolic OH excluding ortho intramolecular Hbond substituents is 2. The lowest BCUT2D eigenvalue weighted by atomic mass is 10.2. The number of nitrogens with two attached hydrogens (primary N) is 1. The van der Waals surface area contributed by atoms with Gasteiger partial charge in [0.05, 0.1) is 0 Å². The first-order chi connectivity index (χ1) is 11.4. The first kappa shape index (κ1) is 21.8. The summed E-state index contributed by atoms with van der Waals surface area (Å²) < 4.78 is 0. The van der Waals surface area contributed by atoms with Gasteiger partial charge in [-0.2, -0.15) is 11.8 Å². The van der Waals surface area contributed by atoms with Crippen molar-refractivity contribution in [3.8, 4) is 11.5 Å². The van der Waals surface area contributed by atoms with Crippen LogP contribution >= 0.6 is 11.8 Å². The molecule has 24 heavy (non-hydrogen) atoms. The molecular weight excluding hydrogens is 326 g/mol. The van der Waals surface area contributed by atoms with Crippen LogP contribution in [0.4, 0.5) is 0 Å². The summed E-state index contributed by atoms with van der Waals surface area (Å²) in [5, 5.41) is 25.7. The van der Waals surface area contributed by atoms with Crippen molar-refractivity contribution in [3.63, 3.8) is 0 Å². The van der Waals surface area contributed by atoms with Crippen LogP contribution in [0.1, 0.15) is 12.0 Å². The van der Waals surface area contributed by atoms with E-state index in [0.29, 0.717) is 17.9 Å². The minimum Gasteiger partial charge on any atom is -0.508 e. The highest BCUT2D eigenvalue weighted by Gasteiger charge is 2.08. The zero-order valence-corrected chi connectivity index (χ0v) is 14.7. The Labute approximate surface area is 147 Å². The zero-order chi connectivity index (χ0) is 18.4. The highest BCUT2D eigenvalue weighted by molar-refractivity contribution is 7.98. The topological polar surface area (TPSA) is 104 Å². The maximum atomic E-state index is 10.1. The maximum absolute atomic E-state index is 10.1. The molecule has 0 saturated heterocycles. The maximum Gasteiger partial charge on any atom is 0.320 e. The lowest BCUT2D eigenvalue weighted by Crippen LogP contribution is -2.30. The van der Waals surface area contributed by atoms with Crippen molar-refractivity contribution >= 4 is 17.7 Å². The Hall–Kier alpha value is -2.18. The normalized spacial score (nSPS) is 10.5. The Kier molecular flexibility index (Phi) is 12.1. The van der Waals surface area contributed by atoms with Crippen molar-refractivity contribution < 1.29 is 20.1 Å². The van der Waals surface area contributed by atoms with Crippen molar-refractivity contribution in [2.24, 2.45) is 5.73 Å². The van der Waals surface area contributed by atoms with E-state index < -0.39 is 12.0 Å². The summed E-state index contributed by atoms with van der Waals surface area (Å²) in [4.78, 5) is 10.1. The molecule has 0 unspecified atom stereocenters. The van der Waals surface area contributed by atoms with Crippen LogP contribution in [0.5, 0.6) is 11.5 Å². The van der Waals surface area contributed by atoms with Crippen molar-refractivity contribution in [1.82, 2.24) is 0 Å². The van der Waals surface area contributed by atoms with E-state index in [0.717, 1.165) is 11.3 Å². The largest absolute Gasteiger partial charge is 0.508 e. The van der Waals surface area contributed by atoms with E-state index in [9.17, 15) is 4.79 Å². The van der Waals surface area contributed by atoms with E-state index in [1.54, 1.807) is 48.2 Å². The standard InChI is InChI=1S/C7H8O.C6H6O.C5H11NO2S/c1-6-3-2-4-7(8)5-6;7-6-4-2-1-3-5-6;1-9-3-2-4(6)5(7)8/h2-5,8H,1H3;1-5,7H;4H,2-3,6H2,1H3,(H,7,8)/t;;4-/m..0/s1. The second-order valence-electron chi connectivity index (χ2n) is 4.90. The molecule has 2 rings (SSSR count). The van der Waals surface area contributed by atoms with Crippen molar-refractivity contribution in [3.05, 3.63) is 60.2 Å². The molecule has 132 valence electrons. The fourth-order valence-electron chi connectivity index (χ4n) is 1.42. The first-order valence-corrected chi connectivity index (χ1v) is 8.73. The van der Waals surface area contributed by atoms with E-state index in [4.69, 9.17) is 21.1 Å². The third kappa shape index (κ3) is 12.4. The van der Waals surface area contributed by atoms with Gasteiger partial charge in [0.2, 0.25) is 0 Å². The molecule has 5 N–H and O–H groups in total. The molecule has 0 spiro atoms. The van der Waals surface area contributed by atoms with Gasteiger partial charge in [-0.3, -0.25) is 4.79 Å². The Balaban J connectivity index is 0.000000332. The highest BCUT2D eigenvalue weighted by Crippen LogP contribution is 2.08. The van der Waals surface area contributed by atoms with Crippen LogP contribution in [0.2, 0.25) is 0 Å². The summed E-state index contributed by atoms with van der Waals surface area (Å²) in [5.41, 5.74) is 6.28. The predicted molar refractivity (Wildman–Crippen MR) is 99.6 cm³/mol. The SMILES string of the molecule is CSCC[C@H](N)C(=O)O.Cc1cccc(O)c1.Oc1ccccc1. The third-order valence-electron chi connectivity index (χ3n) is 2.71. The Morgan fingerprint density at radius 3 is 2.00 bits per heavy atom. The third-order valence-corrected chi connectivity index (χ3v) is 3.35. The van der Waals surface area contributed by atoms with E-state index >= 15 is 0 Å². The van der Waals surface area contributed by atoms with Gasteiger partial charge >= 0.3 is 5.97 Å². The second-order valence-corrected chi connectivity index (χ2v) is 5.89. The lowest BCUT2D eigenvalue weighted by Gasteiger charge is -2.02. The predicted octanol–water partition coefficient (Wildman–Crippen LogP) is 3.24. The molecule has 2 aromatic rings. The molecule has 0 aliphatic carbocycles. The first-order valence-electron chi connectivity index (χ1n) is 7.33. The number of benzene rings is 2. The number of hydrogen-bond acceptors (Lipinski definition) is 5. The molecule has 0 bridgehead atoms. The summed E-state index contributed by atoms with van der Waals surface area (Å²) in [6.07, 6.45) is 2.48. The molecule has 1 atom stereocenters. The van der Waals surface area contributed by atoms with Crippen LogP contribution in [-0.4, -0.2) is 39.3 Å². The Morgan fingerprint density at radius 2 is 1.67 bits per heavy atom. The smallest absolute Gasteiger partial charge is 0.320 e. The van der Waals surface area contributed by atoms with Crippen LogP contribution < -0.4 is 5.73 Å². The second kappa shape index (κ2) is 13.3. The molecule has 0 saturated carbocycles. The van der Waals surface area contributed by atoms with Crippen molar-refractivity contribution in [2.75, 3.05) is 12.0 Å². The Morgan fingerprint density at radius 1 is 1.08 bits per heavy atom. The van der Waals surface area contributed by atoms with E-state index in [1.807, 2.05) is 31.4 Å². The zero-order valence-electron chi connectivity index (χ0n) is 13.9. The summed E-state index contributed by atoms with van der Waals surface area (Å²) in [7, 11) is 0. The van der Waals surface area contributed by atoms with Gasteiger partial charge in [0, 0.05) is 0 Å². The summed E-state index contributed by atoms with van der Waals surface area (Å²) >= 11 is 1.60. The average molecular weight is 351 g/mol. The molecule has 6 heteroatoms. The summed E-state index contributed by atoms with van der Waals surface area (Å²) in [6, 6.07) is 15.2. The van der Waals surface area contributed by atoms with Crippen LogP contribution in [-0.2, 0) is 4.79 Å². The molecule has 0 aliphatic rings. The highest BCUT2D eigenvalue weighted by atomic mass is 32.2. The minimum absolute atomic E-state index is 0.322. The van der Waals surface area contributed by atoms with E-state index in [1.165, 1.54) is 0 Å². The fraction of sp³-hybridized carbons (Fsp3) is 0.278. The number of phenols is 2. The lowest BCUT2D eigenvalue weighted by molar-refractivity contribution is -0.138. The molecule has 0 heterocycles. The van der Waals surface area contributed by atoms with Gasteiger partial charge < -0.3 is 21.1 Å². The van der Waals surface area contributed by atoms with Crippen LogP contribution in [0, 0.1) is 6.92 Å². The van der Waals surface area contributed by atoms with Crippen LogP contribution in [0.15, 0.2) is 54.6 Å². The number of para-hydroxylation sites is 1. The number of rotatable bonds is 4. The molecular formula is C18H25NO4S. The van der Waals surface area contributed by atoms with E-state index in [2.05, 4.69) is 0 Å². The van der Waals surface area contributed by atoms with Crippen molar-refractivity contribution in [1.29, 1.82) is 0 Å². The molecule has 0 radical (unpaired) electrons. The number of hydrogen-bond donors (Lipinski definition) is 4. The van der Waals surface area contributed by atoms with E-state index in [-0.39, 0.29) is 0 Å². The van der Waals surface area contributed by atoms with Gasteiger partial charge in [-0.15, -0.1) is 0 Å². The fourth-order valence-corrected chi connectivity index (χ4v) is 1.91. The number of aryl methyl sites for hydroxylation is 1. The van der Waals surface area contributed by atoms with Gasteiger partial charge in [0.25, 0.3) is 0 Å². The van der Waals surface area contributed by atoms with Gasteiger partial charge in [-0.1, -0.05) is 30.3 Å². The average Bonchev–Trinajstić information content (AvgIpc) is 2.54. The quantitative estimate of drug-likeness (QED) is 0.674. The summed E-state index contributed by atoms with van der Waals surface area (Å²) in [6.45, 7) is 1.94. The van der Waals surface area contributed by atoms with Crippen LogP contribution in [0.3, 0.4) is 0 Å². The number of aliphatic carboxylic acids is 1. The van der Waals surface area contributed by atoms with Crippen molar-refractivity contribution in [2.45, 2.75) is 19.4 Å². The number of carboxylic acids is 1. The molecule has 0 fully saturated rings. The number of thioether (sulfide) groups is 1.